The first-order valence-corrected chi connectivity index (χ1v) is 6.38. The number of rotatable bonds is 5. The molecule has 0 bridgehead atoms. The second kappa shape index (κ2) is 7.49. The Hall–Kier alpha value is -2.08. The average molecular weight is 279 g/mol. The van der Waals surface area contributed by atoms with Crippen molar-refractivity contribution >= 4 is 17.7 Å². The van der Waals surface area contributed by atoms with Gasteiger partial charge in [0.2, 0.25) is 0 Å². The summed E-state index contributed by atoms with van der Waals surface area (Å²) in [6.07, 6.45) is 0.167. The summed E-state index contributed by atoms with van der Waals surface area (Å²) >= 11 is 0. The summed E-state index contributed by atoms with van der Waals surface area (Å²) in [5.41, 5.74) is 7.42. The number of hydrogen-bond donors (Lipinski definition) is 2. The van der Waals surface area contributed by atoms with Crippen LogP contribution in [-0.2, 0) is 9.53 Å². The molecule has 1 rings (SSSR count). The predicted octanol–water partition coefficient (Wildman–Crippen LogP) is 1.73. The van der Waals surface area contributed by atoms with Crippen LogP contribution in [0.3, 0.4) is 0 Å². The molecule has 0 aliphatic heterocycles. The zero-order valence-corrected chi connectivity index (χ0v) is 12.1. The second-order valence-corrected chi connectivity index (χ2v) is 4.59. The van der Waals surface area contributed by atoms with Crippen molar-refractivity contribution in [2.75, 3.05) is 26.0 Å². The monoisotopic (exact) mass is 279 g/mol. The Bertz CT molecular complexity index is 474. The first-order valence-electron chi connectivity index (χ1n) is 6.38. The topological polar surface area (TPSA) is 84.7 Å². The zero-order valence-electron chi connectivity index (χ0n) is 12.1. The van der Waals surface area contributed by atoms with Crippen LogP contribution in [-0.4, -0.2) is 37.6 Å². The van der Waals surface area contributed by atoms with Crippen molar-refractivity contribution in [1.29, 1.82) is 0 Å². The summed E-state index contributed by atoms with van der Waals surface area (Å²) in [5.74, 6) is -0.344. The van der Waals surface area contributed by atoms with Gasteiger partial charge in [-0.15, -0.1) is 0 Å². The van der Waals surface area contributed by atoms with Gasteiger partial charge < -0.3 is 20.7 Å². The molecule has 0 heterocycles. The van der Waals surface area contributed by atoms with Crippen LogP contribution >= 0.6 is 0 Å². The lowest BCUT2D eigenvalue weighted by atomic mass is 10.1. The van der Waals surface area contributed by atoms with Crippen LogP contribution in [0.2, 0.25) is 0 Å². The average Bonchev–Trinajstić information content (AvgIpc) is 2.44. The molecular formula is C14H21N3O3. The number of carbonyl (C=O) groups excluding carboxylic acids is 2. The molecule has 1 aromatic rings. The zero-order chi connectivity index (χ0) is 15.1. The van der Waals surface area contributed by atoms with Gasteiger partial charge in [0.25, 0.3) is 0 Å². The molecule has 0 fully saturated rings. The number of nitrogens with zero attached hydrogens (tertiary/aromatic N) is 1. The van der Waals surface area contributed by atoms with Crippen LogP contribution in [0.25, 0.3) is 0 Å². The molecule has 1 atom stereocenters. The van der Waals surface area contributed by atoms with Crippen molar-refractivity contribution < 1.29 is 14.3 Å². The Morgan fingerprint density at radius 2 is 2.15 bits per heavy atom. The predicted molar refractivity (Wildman–Crippen MR) is 77.3 cm³/mol. The lowest BCUT2D eigenvalue weighted by molar-refractivity contribution is -0.140. The number of nitrogens with one attached hydrogen (secondary N) is 1. The maximum Gasteiger partial charge on any atom is 0.321 e. The molecule has 3 N–H and O–H groups in total. The third-order valence-corrected chi connectivity index (χ3v) is 2.89. The highest BCUT2D eigenvalue weighted by Gasteiger charge is 2.11. The molecule has 20 heavy (non-hydrogen) atoms. The van der Waals surface area contributed by atoms with Gasteiger partial charge in [-0.1, -0.05) is 12.1 Å². The smallest absolute Gasteiger partial charge is 0.321 e. The van der Waals surface area contributed by atoms with Crippen molar-refractivity contribution in [3.05, 3.63) is 29.8 Å². The minimum atomic E-state index is -0.344. The van der Waals surface area contributed by atoms with E-state index < -0.39 is 0 Å². The number of ether oxygens (including phenoxy) is 1. The molecule has 1 unspecified atom stereocenters. The van der Waals surface area contributed by atoms with Crippen LogP contribution in [0, 0.1) is 0 Å². The van der Waals surface area contributed by atoms with Crippen molar-refractivity contribution in [3.63, 3.8) is 0 Å². The minimum absolute atomic E-state index is 0.0936. The van der Waals surface area contributed by atoms with Crippen molar-refractivity contribution in [2.24, 2.45) is 5.73 Å². The molecule has 6 nitrogen and oxygen atoms in total. The van der Waals surface area contributed by atoms with E-state index in [0.29, 0.717) is 12.2 Å². The van der Waals surface area contributed by atoms with E-state index in [-0.39, 0.29) is 24.5 Å². The van der Waals surface area contributed by atoms with Crippen molar-refractivity contribution in [3.8, 4) is 0 Å². The van der Waals surface area contributed by atoms with Crippen LogP contribution in [0.5, 0.6) is 0 Å². The summed E-state index contributed by atoms with van der Waals surface area (Å²) in [6.45, 7) is 2.18. The number of anilines is 1. The van der Waals surface area contributed by atoms with Crippen molar-refractivity contribution in [2.45, 2.75) is 19.4 Å². The van der Waals surface area contributed by atoms with Crippen molar-refractivity contribution in [1.82, 2.24) is 4.90 Å². The van der Waals surface area contributed by atoms with Gasteiger partial charge in [0.1, 0.15) is 0 Å². The maximum absolute atomic E-state index is 11.9. The van der Waals surface area contributed by atoms with Crippen LogP contribution in [0.4, 0.5) is 10.5 Å². The molecule has 0 saturated carbocycles. The number of nitrogens with two attached hydrogens (primary N) is 1. The molecule has 0 aliphatic rings. The molecule has 0 radical (unpaired) electrons. The molecule has 1 aromatic carbocycles. The molecule has 0 spiro atoms. The molecule has 6 heteroatoms. The molecule has 0 saturated heterocycles. The molecule has 0 aliphatic carbocycles. The normalized spacial score (nSPS) is 11.6. The largest absolute Gasteiger partial charge is 0.469 e. The quantitative estimate of drug-likeness (QED) is 0.804. The Morgan fingerprint density at radius 3 is 2.75 bits per heavy atom. The molecular weight excluding hydrogens is 258 g/mol. The standard InChI is InChI=1S/C14H21N3O3/c1-10(15)11-5-4-6-12(9-11)16-14(19)17(2)8-7-13(18)20-3/h4-6,9-10H,7-8,15H2,1-3H3,(H,16,19). The van der Waals surface area contributed by atoms with Gasteiger partial charge in [-0.2, -0.15) is 0 Å². The van der Waals surface area contributed by atoms with E-state index in [1.165, 1.54) is 12.0 Å². The van der Waals surface area contributed by atoms with E-state index in [2.05, 4.69) is 10.1 Å². The van der Waals surface area contributed by atoms with Gasteiger partial charge >= 0.3 is 12.0 Å². The summed E-state index contributed by atoms with van der Waals surface area (Å²) in [6, 6.07) is 6.98. The van der Waals surface area contributed by atoms with E-state index in [4.69, 9.17) is 5.73 Å². The first-order chi connectivity index (χ1) is 9.43. The number of esters is 1. The number of amides is 2. The van der Waals surface area contributed by atoms with E-state index in [1.807, 2.05) is 25.1 Å². The Balaban J connectivity index is 2.57. The third kappa shape index (κ3) is 4.89. The summed E-state index contributed by atoms with van der Waals surface area (Å²) in [7, 11) is 2.94. The highest BCUT2D eigenvalue weighted by molar-refractivity contribution is 5.89. The Morgan fingerprint density at radius 1 is 1.45 bits per heavy atom. The number of carbonyl (C=O) groups is 2. The lowest BCUT2D eigenvalue weighted by Crippen LogP contribution is -2.33. The van der Waals surface area contributed by atoms with Crippen LogP contribution < -0.4 is 11.1 Å². The van der Waals surface area contributed by atoms with Gasteiger partial charge in [-0.3, -0.25) is 4.79 Å². The highest BCUT2D eigenvalue weighted by atomic mass is 16.5. The first kappa shape index (κ1) is 16.0. The Kier molecular flexibility index (Phi) is 5.99. The van der Waals surface area contributed by atoms with E-state index in [9.17, 15) is 9.59 Å². The molecule has 2 amide bonds. The van der Waals surface area contributed by atoms with Gasteiger partial charge in [0, 0.05) is 25.3 Å². The van der Waals surface area contributed by atoms with Gasteiger partial charge in [0.15, 0.2) is 0 Å². The third-order valence-electron chi connectivity index (χ3n) is 2.89. The summed E-state index contributed by atoms with van der Waals surface area (Å²) in [4.78, 5) is 24.4. The fourth-order valence-corrected chi connectivity index (χ4v) is 1.58. The maximum atomic E-state index is 11.9. The number of urea groups is 1. The minimum Gasteiger partial charge on any atom is -0.469 e. The SMILES string of the molecule is COC(=O)CCN(C)C(=O)Nc1cccc(C(C)N)c1. The number of benzene rings is 1. The van der Waals surface area contributed by atoms with E-state index >= 15 is 0 Å². The lowest BCUT2D eigenvalue weighted by Gasteiger charge is -2.18. The van der Waals surface area contributed by atoms with Crippen LogP contribution in [0.15, 0.2) is 24.3 Å². The van der Waals surface area contributed by atoms with E-state index in [0.717, 1.165) is 5.56 Å². The number of methoxy groups -OCH3 is 1. The fourth-order valence-electron chi connectivity index (χ4n) is 1.58. The highest BCUT2D eigenvalue weighted by Crippen LogP contribution is 2.15. The van der Waals surface area contributed by atoms with Crippen LogP contribution in [0.1, 0.15) is 24.9 Å². The fraction of sp³-hybridized carbons (Fsp3) is 0.429. The van der Waals surface area contributed by atoms with Gasteiger partial charge in [0.05, 0.1) is 13.5 Å². The second-order valence-electron chi connectivity index (χ2n) is 4.59. The summed E-state index contributed by atoms with van der Waals surface area (Å²) < 4.78 is 4.53. The number of hydrogen-bond acceptors (Lipinski definition) is 4. The summed E-state index contributed by atoms with van der Waals surface area (Å²) in [5, 5.41) is 2.76. The molecule has 110 valence electrons. The Labute approximate surface area is 118 Å². The molecule has 0 aromatic heterocycles. The van der Waals surface area contributed by atoms with Gasteiger partial charge in [-0.25, -0.2) is 4.79 Å². The van der Waals surface area contributed by atoms with E-state index in [1.54, 1.807) is 13.1 Å². The van der Waals surface area contributed by atoms with Gasteiger partial charge in [-0.05, 0) is 24.6 Å².